The molecule has 1 aromatic rings. The van der Waals surface area contributed by atoms with Gasteiger partial charge < -0.3 is 18.9 Å². The lowest BCUT2D eigenvalue weighted by Gasteiger charge is -2.36. The van der Waals surface area contributed by atoms with Gasteiger partial charge in [-0.25, -0.2) is 0 Å². The zero-order valence-corrected chi connectivity index (χ0v) is 12.0. The molecule has 1 amide bonds. The number of pyridine rings is 1. The molecule has 2 heterocycles. The third kappa shape index (κ3) is 3.08. The van der Waals surface area contributed by atoms with Crippen LogP contribution >= 0.6 is 0 Å². The monoisotopic (exact) mass is 280 g/mol. The summed E-state index contributed by atoms with van der Waals surface area (Å²) in [7, 11) is 3.23. The summed E-state index contributed by atoms with van der Waals surface area (Å²) in [6, 6.07) is 3.27. The second kappa shape index (κ2) is 6.19. The minimum Gasteiger partial charge on any atom is -0.382 e. The SMILES string of the molecule is COCC1CN(C(=O)c2cccn(C)c2=O)CC(C)O1. The van der Waals surface area contributed by atoms with Crippen molar-refractivity contribution in [3.05, 3.63) is 34.2 Å². The largest absolute Gasteiger partial charge is 0.382 e. The highest BCUT2D eigenvalue weighted by Crippen LogP contribution is 2.13. The van der Waals surface area contributed by atoms with E-state index in [4.69, 9.17) is 9.47 Å². The van der Waals surface area contributed by atoms with Crippen LogP contribution in [0.25, 0.3) is 0 Å². The molecule has 1 aliphatic heterocycles. The van der Waals surface area contributed by atoms with E-state index >= 15 is 0 Å². The van der Waals surface area contributed by atoms with Crippen molar-refractivity contribution in [3.8, 4) is 0 Å². The van der Waals surface area contributed by atoms with Crippen molar-refractivity contribution < 1.29 is 14.3 Å². The van der Waals surface area contributed by atoms with Crippen molar-refractivity contribution in [2.45, 2.75) is 19.1 Å². The molecule has 1 saturated heterocycles. The standard InChI is InChI=1S/C14H20N2O4/c1-10-7-16(8-11(20-10)9-19-3)14(18)12-5-4-6-15(2)13(12)17/h4-6,10-11H,7-9H2,1-3H3. The summed E-state index contributed by atoms with van der Waals surface area (Å²) < 4.78 is 12.2. The summed E-state index contributed by atoms with van der Waals surface area (Å²) in [6.45, 7) is 3.26. The van der Waals surface area contributed by atoms with Crippen LogP contribution in [0.15, 0.2) is 23.1 Å². The minimum absolute atomic E-state index is 0.0691. The number of morpholine rings is 1. The highest BCUT2D eigenvalue weighted by Gasteiger charge is 2.29. The van der Waals surface area contributed by atoms with Crippen LogP contribution in [0.1, 0.15) is 17.3 Å². The first kappa shape index (κ1) is 14.7. The molecule has 110 valence electrons. The lowest BCUT2D eigenvalue weighted by atomic mass is 10.1. The van der Waals surface area contributed by atoms with Crippen LogP contribution in [0.2, 0.25) is 0 Å². The average Bonchev–Trinajstić information content (AvgIpc) is 2.41. The highest BCUT2D eigenvalue weighted by atomic mass is 16.5. The van der Waals surface area contributed by atoms with E-state index in [1.54, 1.807) is 37.4 Å². The Balaban J connectivity index is 2.19. The lowest BCUT2D eigenvalue weighted by Crippen LogP contribution is -2.51. The Bertz CT molecular complexity index is 540. The fourth-order valence-corrected chi connectivity index (χ4v) is 2.42. The Labute approximate surface area is 117 Å². The van der Waals surface area contributed by atoms with Gasteiger partial charge in [-0.05, 0) is 19.1 Å². The number of hydrogen-bond donors (Lipinski definition) is 0. The van der Waals surface area contributed by atoms with Crippen molar-refractivity contribution in [1.82, 2.24) is 9.47 Å². The Kier molecular flexibility index (Phi) is 4.57. The van der Waals surface area contributed by atoms with E-state index in [1.165, 1.54) is 4.57 Å². The maximum Gasteiger partial charge on any atom is 0.263 e. The Hall–Kier alpha value is -1.66. The number of hydrogen-bond acceptors (Lipinski definition) is 4. The minimum atomic E-state index is -0.278. The van der Waals surface area contributed by atoms with Crippen LogP contribution in [-0.4, -0.2) is 54.4 Å². The van der Waals surface area contributed by atoms with Crippen LogP contribution in [0.4, 0.5) is 0 Å². The van der Waals surface area contributed by atoms with Gasteiger partial charge in [0.1, 0.15) is 5.56 Å². The number of aryl methyl sites for hydroxylation is 1. The van der Waals surface area contributed by atoms with Crippen molar-refractivity contribution >= 4 is 5.91 Å². The fraction of sp³-hybridized carbons (Fsp3) is 0.571. The quantitative estimate of drug-likeness (QED) is 0.797. The molecule has 1 aliphatic rings. The summed E-state index contributed by atoms with van der Waals surface area (Å²) in [5, 5.41) is 0. The number of amides is 1. The predicted octanol–water partition coefficient (Wildman–Crippen LogP) is 0.261. The molecule has 6 nitrogen and oxygen atoms in total. The molecule has 0 N–H and O–H groups in total. The number of rotatable bonds is 3. The average molecular weight is 280 g/mol. The molecule has 6 heteroatoms. The normalized spacial score (nSPS) is 22.9. The van der Waals surface area contributed by atoms with Gasteiger partial charge in [-0.2, -0.15) is 0 Å². The Morgan fingerprint density at radius 1 is 1.50 bits per heavy atom. The summed E-state index contributed by atoms with van der Waals surface area (Å²) in [4.78, 5) is 26.1. The van der Waals surface area contributed by atoms with Gasteiger partial charge in [0, 0.05) is 33.4 Å². The van der Waals surface area contributed by atoms with Gasteiger partial charge in [0.05, 0.1) is 18.8 Å². The molecule has 0 bridgehead atoms. The van der Waals surface area contributed by atoms with E-state index in [0.717, 1.165) is 0 Å². The molecule has 1 aromatic heterocycles. The Morgan fingerprint density at radius 2 is 2.25 bits per heavy atom. The summed E-state index contributed by atoms with van der Waals surface area (Å²) in [6.07, 6.45) is 1.41. The smallest absolute Gasteiger partial charge is 0.263 e. The van der Waals surface area contributed by atoms with E-state index in [9.17, 15) is 9.59 Å². The van der Waals surface area contributed by atoms with Gasteiger partial charge in [0.2, 0.25) is 0 Å². The van der Waals surface area contributed by atoms with Crippen LogP contribution in [0.5, 0.6) is 0 Å². The van der Waals surface area contributed by atoms with Crippen LogP contribution in [-0.2, 0) is 16.5 Å². The summed E-state index contributed by atoms with van der Waals surface area (Å²) in [5.74, 6) is -0.248. The zero-order valence-electron chi connectivity index (χ0n) is 12.0. The second-order valence-electron chi connectivity index (χ2n) is 5.07. The number of nitrogens with zero attached hydrogens (tertiary/aromatic N) is 2. The molecule has 0 radical (unpaired) electrons. The first-order chi connectivity index (χ1) is 9.52. The molecular formula is C14H20N2O4. The van der Waals surface area contributed by atoms with Crippen molar-refractivity contribution in [3.63, 3.8) is 0 Å². The first-order valence-electron chi connectivity index (χ1n) is 6.62. The van der Waals surface area contributed by atoms with Crippen molar-refractivity contribution in [2.75, 3.05) is 26.8 Å². The number of ether oxygens (including phenoxy) is 2. The molecular weight excluding hydrogens is 260 g/mol. The van der Waals surface area contributed by atoms with Gasteiger partial charge in [-0.1, -0.05) is 0 Å². The summed E-state index contributed by atoms with van der Waals surface area (Å²) in [5.41, 5.74) is -0.0831. The molecule has 2 rings (SSSR count). The summed E-state index contributed by atoms with van der Waals surface area (Å²) >= 11 is 0. The number of aromatic nitrogens is 1. The van der Waals surface area contributed by atoms with E-state index in [0.29, 0.717) is 19.7 Å². The van der Waals surface area contributed by atoms with Crippen LogP contribution in [0.3, 0.4) is 0 Å². The molecule has 20 heavy (non-hydrogen) atoms. The molecule has 0 aromatic carbocycles. The third-order valence-corrected chi connectivity index (χ3v) is 3.32. The van der Waals surface area contributed by atoms with Crippen LogP contribution < -0.4 is 5.56 Å². The Morgan fingerprint density at radius 3 is 2.95 bits per heavy atom. The van der Waals surface area contributed by atoms with E-state index in [-0.39, 0.29) is 29.2 Å². The lowest BCUT2D eigenvalue weighted by molar-refractivity contribution is -0.0919. The molecule has 2 unspecified atom stereocenters. The molecule has 2 atom stereocenters. The first-order valence-corrected chi connectivity index (χ1v) is 6.62. The van der Waals surface area contributed by atoms with Crippen LogP contribution in [0, 0.1) is 0 Å². The molecule has 0 spiro atoms. The predicted molar refractivity (Wildman–Crippen MR) is 73.8 cm³/mol. The van der Waals surface area contributed by atoms with Gasteiger partial charge in [-0.3, -0.25) is 9.59 Å². The van der Waals surface area contributed by atoms with E-state index in [2.05, 4.69) is 0 Å². The third-order valence-electron chi connectivity index (χ3n) is 3.32. The van der Waals surface area contributed by atoms with Crippen molar-refractivity contribution in [1.29, 1.82) is 0 Å². The van der Waals surface area contributed by atoms with Gasteiger partial charge in [0.15, 0.2) is 0 Å². The zero-order chi connectivity index (χ0) is 14.7. The van der Waals surface area contributed by atoms with E-state index in [1.807, 2.05) is 6.92 Å². The molecule has 0 aliphatic carbocycles. The topological polar surface area (TPSA) is 60.8 Å². The fourth-order valence-electron chi connectivity index (χ4n) is 2.42. The number of methoxy groups -OCH3 is 1. The van der Waals surface area contributed by atoms with Gasteiger partial charge in [0.25, 0.3) is 11.5 Å². The number of carbonyl (C=O) groups is 1. The second-order valence-corrected chi connectivity index (χ2v) is 5.07. The van der Waals surface area contributed by atoms with E-state index < -0.39 is 0 Å². The van der Waals surface area contributed by atoms with Crippen molar-refractivity contribution in [2.24, 2.45) is 7.05 Å². The highest BCUT2D eigenvalue weighted by molar-refractivity contribution is 5.93. The van der Waals surface area contributed by atoms with Gasteiger partial charge in [-0.15, -0.1) is 0 Å². The van der Waals surface area contributed by atoms with Gasteiger partial charge >= 0.3 is 0 Å². The molecule has 1 fully saturated rings. The maximum absolute atomic E-state index is 12.5. The maximum atomic E-state index is 12.5. The molecule has 0 saturated carbocycles. The number of carbonyl (C=O) groups excluding carboxylic acids is 1.